The fraction of sp³-hybridized carbons (Fsp3) is 0.353. The van der Waals surface area contributed by atoms with Crippen LogP contribution >= 0.6 is 0 Å². The molecule has 8 heteroatoms. The van der Waals surface area contributed by atoms with Gasteiger partial charge in [-0.25, -0.2) is 9.59 Å². The van der Waals surface area contributed by atoms with E-state index in [1.807, 2.05) is 0 Å². The van der Waals surface area contributed by atoms with Gasteiger partial charge in [0.05, 0.1) is 0 Å². The smallest absolute Gasteiger partial charge is 0.331 e. The van der Waals surface area contributed by atoms with E-state index in [-0.39, 0.29) is 6.79 Å². The summed E-state index contributed by atoms with van der Waals surface area (Å²) in [6.45, 7) is 4.94. The van der Waals surface area contributed by atoms with Crippen molar-refractivity contribution < 1.29 is 28.6 Å². The molecular formula is C17H20N2O6. The molecule has 134 valence electrons. The highest BCUT2D eigenvalue weighted by atomic mass is 16.7. The first-order valence-electron chi connectivity index (χ1n) is 7.59. The number of carbonyl (C=O) groups excluding carboxylic acids is 3. The summed E-state index contributed by atoms with van der Waals surface area (Å²) in [5.41, 5.74) is 0.240. The minimum Gasteiger partial charge on any atom is -0.454 e. The zero-order valence-corrected chi connectivity index (χ0v) is 14.3. The summed E-state index contributed by atoms with van der Waals surface area (Å²) in [7, 11) is 0. The van der Waals surface area contributed by atoms with Crippen LogP contribution in [0.25, 0.3) is 6.08 Å². The lowest BCUT2D eigenvalue weighted by molar-refractivity contribution is -0.143. The van der Waals surface area contributed by atoms with Gasteiger partial charge in [-0.1, -0.05) is 6.07 Å². The van der Waals surface area contributed by atoms with Crippen molar-refractivity contribution in [2.24, 2.45) is 0 Å². The molecule has 1 aliphatic heterocycles. The van der Waals surface area contributed by atoms with Crippen LogP contribution in [0.1, 0.15) is 26.3 Å². The summed E-state index contributed by atoms with van der Waals surface area (Å²) in [6, 6.07) is 4.55. The van der Waals surface area contributed by atoms with Crippen LogP contribution in [-0.4, -0.2) is 36.8 Å². The largest absolute Gasteiger partial charge is 0.454 e. The number of nitrogens with one attached hydrogen (secondary N) is 2. The second-order valence-corrected chi connectivity index (χ2v) is 6.31. The van der Waals surface area contributed by atoms with Crippen LogP contribution in [0, 0.1) is 0 Å². The van der Waals surface area contributed by atoms with Gasteiger partial charge in [0.1, 0.15) is 0 Å². The average molecular weight is 348 g/mol. The first-order valence-corrected chi connectivity index (χ1v) is 7.59. The third-order valence-corrected chi connectivity index (χ3v) is 2.90. The Morgan fingerprint density at radius 2 is 1.92 bits per heavy atom. The van der Waals surface area contributed by atoms with E-state index in [1.54, 1.807) is 39.0 Å². The van der Waals surface area contributed by atoms with E-state index in [0.29, 0.717) is 11.5 Å². The number of carbonyl (C=O) groups is 3. The number of ether oxygens (including phenoxy) is 3. The molecule has 0 radical (unpaired) electrons. The number of amides is 3. The van der Waals surface area contributed by atoms with E-state index in [9.17, 15) is 14.4 Å². The van der Waals surface area contributed by atoms with Gasteiger partial charge < -0.3 is 19.5 Å². The molecule has 0 aliphatic carbocycles. The molecule has 1 aromatic rings. The number of hydrogen-bond acceptors (Lipinski definition) is 6. The Morgan fingerprint density at radius 3 is 2.64 bits per heavy atom. The van der Waals surface area contributed by atoms with Gasteiger partial charge in [0.25, 0.3) is 5.91 Å². The van der Waals surface area contributed by atoms with Crippen molar-refractivity contribution in [3.05, 3.63) is 29.8 Å². The second-order valence-electron chi connectivity index (χ2n) is 6.31. The van der Waals surface area contributed by atoms with Gasteiger partial charge in [-0.3, -0.25) is 10.1 Å². The third-order valence-electron chi connectivity index (χ3n) is 2.90. The first-order chi connectivity index (χ1) is 11.7. The van der Waals surface area contributed by atoms with Crippen molar-refractivity contribution in [3.63, 3.8) is 0 Å². The lowest BCUT2D eigenvalue weighted by Gasteiger charge is -2.20. The number of hydrogen-bond donors (Lipinski definition) is 2. The molecule has 3 amide bonds. The Labute approximate surface area is 145 Å². The molecule has 1 heterocycles. The molecule has 0 spiro atoms. The highest BCUT2D eigenvalue weighted by molar-refractivity contribution is 5.96. The molecule has 0 saturated carbocycles. The summed E-state index contributed by atoms with van der Waals surface area (Å²) in [4.78, 5) is 34.7. The maximum absolute atomic E-state index is 11.6. The quantitative estimate of drug-likeness (QED) is 0.633. The van der Waals surface area contributed by atoms with Crippen molar-refractivity contribution in [1.82, 2.24) is 10.6 Å². The summed E-state index contributed by atoms with van der Waals surface area (Å²) >= 11 is 0. The van der Waals surface area contributed by atoms with Gasteiger partial charge >= 0.3 is 12.0 Å². The van der Waals surface area contributed by atoms with Crippen molar-refractivity contribution in [2.75, 3.05) is 13.4 Å². The maximum Gasteiger partial charge on any atom is 0.331 e. The number of imide groups is 1. The predicted octanol–water partition coefficient (Wildman–Crippen LogP) is 1.60. The molecule has 25 heavy (non-hydrogen) atoms. The average Bonchev–Trinajstić information content (AvgIpc) is 2.96. The highest BCUT2D eigenvalue weighted by Gasteiger charge is 2.16. The molecule has 0 aromatic heterocycles. The first kappa shape index (κ1) is 18.3. The number of esters is 1. The van der Waals surface area contributed by atoms with E-state index < -0.39 is 30.1 Å². The minimum absolute atomic E-state index is 0.169. The molecule has 2 rings (SSSR count). The second kappa shape index (κ2) is 7.69. The normalized spacial score (nSPS) is 12.8. The van der Waals surface area contributed by atoms with E-state index in [0.717, 1.165) is 5.56 Å². The zero-order chi connectivity index (χ0) is 18.4. The third kappa shape index (κ3) is 6.17. The molecule has 0 saturated heterocycles. The van der Waals surface area contributed by atoms with E-state index >= 15 is 0 Å². The minimum atomic E-state index is -0.716. The van der Waals surface area contributed by atoms with Crippen molar-refractivity contribution in [1.29, 1.82) is 0 Å². The fourth-order valence-electron chi connectivity index (χ4n) is 1.90. The topological polar surface area (TPSA) is 103 Å². The van der Waals surface area contributed by atoms with Gasteiger partial charge in [0.2, 0.25) is 6.79 Å². The molecule has 2 N–H and O–H groups in total. The summed E-state index contributed by atoms with van der Waals surface area (Å²) in [5, 5.41) is 4.63. The van der Waals surface area contributed by atoms with Gasteiger partial charge in [0.15, 0.2) is 18.1 Å². The summed E-state index contributed by atoms with van der Waals surface area (Å²) < 4.78 is 15.2. The molecule has 0 bridgehead atoms. The lowest BCUT2D eigenvalue weighted by atomic mass is 10.1. The fourth-order valence-corrected chi connectivity index (χ4v) is 1.90. The van der Waals surface area contributed by atoms with Gasteiger partial charge in [-0.05, 0) is 44.5 Å². The standard InChI is InChI=1S/C17H20N2O6/c1-17(2,3)19-16(22)18-14(20)9-23-15(21)7-5-11-4-6-12-13(8-11)25-10-24-12/h4-8H,9-10H2,1-3H3,(H2,18,19,20,22)/b7-5+. The Hall–Kier alpha value is -3.03. The van der Waals surface area contributed by atoms with E-state index in [2.05, 4.69) is 10.6 Å². The SMILES string of the molecule is CC(C)(C)NC(=O)NC(=O)COC(=O)/C=C/c1ccc2c(c1)OCO2. The van der Waals surface area contributed by atoms with Crippen LogP contribution in [0.4, 0.5) is 4.79 Å². The molecule has 8 nitrogen and oxygen atoms in total. The van der Waals surface area contributed by atoms with E-state index in [4.69, 9.17) is 14.2 Å². The van der Waals surface area contributed by atoms with Crippen LogP contribution in [0.5, 0.6) is 11.5 Å². The molecule has 1 aromatic carbocycles. The lowest BCUT2D eigenvalue weighted by Crippen LogP contribution is -2.49. The van der Waals surface area contributed by atoms with Crippen LogP contribution < -0.4 is 20.1 Å². The number of rotatable bonds is 4. The van der Waals surface area contributed by atoms with Crippen molar-refractivity contribution >= 4 is 24.0 Å². The Kier molecular flexibility index (Phi) is 5.63. The molecule has 0 unspecified atom stereocenters. The molecule has 0 atom stereocenters. The van der Waals surface area contributed by atoms with Gasteiger partial charge in [-0.15, -0.1) is 0 Å². The Bertz CT molecular complexity index is 706. The summed E-state index contributed by atoms with van der Waals surface area (Å²) in [6.07, 6.45) is 2.70. The summed E-state index contributed by atoms with van der Waals surface area (Å²) in [5.74, 6) is -0.180. The Balaban J connectivity index is 1.76. The molecular weight excluding hydrogens is 328 g/mol. The monoisotopic (exact) mass is 348 g/mol. The van der Waals surface area contributed by atoms with Gasteiger partial charge in [-0.2, -0.15) is 0 Å². The molecule has 0 fully saturated rings. The number of urea groups is 1. The van der Waals surface area contributed by atoms with Crippen molar-refractivity contribution in [2.45, 2.75) is 26.3 Å². The Morgan fingerprint density at radius 1 is 1.20 bits per heavy atom. The molecule has 1 aliphatic rings. The van der Waals surface area contributed by atoms with Crippen molar-refractivity contribution in [3.8, 4) is 11.5 Å². The number of benzene rings is 1. The van der Waals surface area contributed by atoms with Crippen LogP contribution in [0.3, 0.4) is 0 Å². The van der Waals surface area contributed by atoms with Gasteiger partial charge in [0, 0.05) is 11.6 Å². The van der Waals surface area contributed by atoms with Crippen LogP contribution in [0.2, 0.25) is 0 Å². The van der Waals surface area contributed by atoms with Crippen LogP contribution in [0.15, 0.2) is 24.3 Å². The van der Waals surface area contributed by atoms with Crippen LogP contribution in [-0.2, 0) is 14.3 Å². The predicted molar refractivity (Wildman–Crippen MR) is 89.0 cm³/mol. The van der Waals surface area contributed by atoms with E-state index in [1.165, 1.54) is 12.2 Å². The number of fused-ring (bicyclic) bond motifs is 1. The maximum atomic E-state index is 11.6. The zero-order valence-electron chi connectivity index (χ0n) is 14.3. The highest BCUT2D eigenvalue weighted by Crippen LogP contribution is 2.32.